The second-order valence-electron chi connectivity index (χ2n) is 5.81. The van der Waals surface area contributed by atoms with Crippen LogP contribution in [0.1, 0.15) is 32.2 Å². The molecule has 0 fully saturated rings. The highest BCUT2D eigenvalue weighted by Crippen LogP contribution is 2.22. The molecule has 3 nitrogen and oxygen atoms in total. The van der Waals surface area contributed by atoms with Crippen molar-refractivity contribution in [2.45, 2.75) is 39.4 Å². The molecule has 1 N–H and O–H groups in total. The molecule has 1 aromatic carbocycles. The normalized spacial score (nSPS) is 11.8. The minimum atomic E-state index is 0.0600. The molecule has 2 rings (SSSR count). The average Bonchev–Trinajstić information content (AvgIpc) is 2.78. The number of hydrogen-bond donors (Lipinski definition) is 1. The number of nitrogens with one attached hydrogen (secondary N) is 1. The molecule has 2 aromatic rings. The molecule has 108 valence electrons. The molecule has 0 aliphatic carbocycles. The zero-order valence-corrected chi connectivity index (χ0v) is 13.5. The zero-order chi connectivity index (χ0) is 14.8. The molecule has 0 amide bonds. The largest absolute Gasteiger partial charge is 0.329 e. The van der Waals surface area contributed by atoms with Crippen LogP contribution in [0.25, 0.3) is 0 Å². The molecule has 20 heavy (non-hydrogen) atoms. The summed E-state index contributed by atoms with van der Waals surface area (Å²) in [6.07, 6.45) is 3.76. The van der Waals surface area contributed by atoms with E-state index >= 15 is 0 Å². The molecular weight excluding hydrogens is 293 g/mol. The van der Waals surface area contributed by atoms with Gasteiger partial charge in [0.15, 0.2) is 0 Å². The first-order valence-corrected chi connectivity index (χ1v) is 7.30. The van der Waals surface area contributed by atoms with Crippen LogP contribution in [-0.4, -0.2) is 15.1 Å². The van der Waals surface area contributed by atoms with Gasteiger partial charge in [-0.3, -0.25) is 0 Å². The Kier molecular flexibility index (Phi) is 4.74. The first kappa shape index (κ1) is 15.4. The summed E-state index contributed by atoms with van der Waals surface area (Å²) in [5.74, 6) is 0.982. The molecule has 0 saturated heterocycles. The summed E-state index contributed by atoms with van der Waals surface area (Å²) in [5.41, 5.74) is 1.05. The van der Waals surface area contributed by atoms with Crippen LogP contribution in [0.3, 0.4) is 0 Å². The number of halogens is 2. The van der Waals surface area contributed by atoms with Crippen LogP contribution in [0.4, 0.5) is 0 Å². The van der Waals surface area contributed by atoms with E-state index in [0.717, 1.165) is 16.4 Å². The Balaban J connectivity index is 2.14. The molecule has 0 bridgehead atoms. The highest BCUT2D eigenvalue weighted by molar-refractivity contribution is 6.33. The smallest absolute Gasteiger partial charge is 0.122 e. The quantitative estimate of drug-likeness (QED) is 0.920. The Morgan fingerprint density at radius 1 is 1.25 bits per heavy atom. The second kappa shape index (κ2) is 6.17. The summed E-state index contributed by atoms with van der Waals surface area (Å²) in [6.45, 7) is 7.78. The van der Waals surface area contributed by atoms with Gasteiger partial charge in [-0.1, -0.05) is 23.2 Å². The molecule has 0 atom stereocenters. The van der Waals surface area contributed by atoms with Crippen molar-refractivity contribution >= 4 is 23.2 Å². The highest BCUT2D eigenvalue weighted by atomic mass is 35.5. The molecule has 1 heterocycles. The van der Waals surface area contributed by atoms with E-state index in [4.69, 9.17) is 23.2 Å². The van der Waals surface area contributed by atoms with Crippen molar-refractivity contribution in [1.29, 1.82) is 0 Å². The Hall–Kier alpha value is -1.03. The lowest BCUT2D eigenvalue weighted by Gasteiger charge is -2.20. The van der Waals surface area contributed by atoms with Crippen LogP contribution in [-0.2, 0) is 13.1 Å². The van der Waals surface area contributed by atoms with Gasteiger partial charge in [0.2, 0.25) is 0 Å². The van der Waals surface area contributed by atoms with Crippen molar-refractivity contribution in [3.63, 3.8) is 0 Å². The first-order valence-electron chi connectivity index (χ1n) is 6.54. The second-order valence-corrected chi connectivity index (χ2v) is 6.65. The first-order chi connectivity index (χ1) is 9.35. The summed E-state index contributed by atoms with van der Waals surface area (Å²) in [6, 6.07) is 5.51. The van der Waals surface area contributed by atoms with E-state index in [9.17, 15) is 0 Å². The average molecular weight is 312 g/mol. The number of benzene rings is 1. The van der Waals surface area contributed by atoms with Crippen LogP contribution in [0.5, 0.6) is 0 Å². The number of hydrogen-bond acceptors (Lipinski definition) is 2. The van der Waals surface area contributed by atoms with E-state index in [1.54, 1.807) is 12.3 Å². The van der Waals surface area contributed by atoms with Crippen molar-refractivity contribution in [2.24, 2.45) is 0 Å². The van der Waals surface area contributed by atoms with E-state index in [-0.39, 0.29) is 5.54 Å². The maximum atomic E-state index is 6.21. The van der Waals surface area contributed by atoms with E-state index in [1.807, 2.05) is 18.3 Å². The summed E-state index contributed by atoms with van der Waals surface area (Å²) in [7, 11) is 0. The third-order valence-corrected chi connectivity index (χ3v) is 3.53. The zero-order valence-electron chi connectivity index (χ0n) is 12.0. The third-order valence-electron chi connectivity index (χ3n) is 2.93. The molecule has 0 unspecified atom stereocenters. The van der Waals surface area contributed by atoms with E-state index in [2.05, 4.69) is 35.6 Å². The van der Waals surface area contributed by atoms with Gasteiger partial charge in [0.1, 0.15) is 5.82 Å². The monoisotopic (exact) mass is 311 g/mol. The van der Waals surface area contributed by atoms with Gasteiger partial charge in [0.25, 0.3) is 0 Å². The fraction of sp³-hybridized carbons (Fsp3) is 0.400. The van der Waals surface area contributed by atoms with Gasteiger partial charge in [-0.15, -0.1) is 0 Å². The van der Waals surface area contributed by atoms with E-state index in [0.29, 0.717) is 18.1 Å². The van der Waals surface area contributed by atoms with Crippen LogP contribution in [0, 0.1) is 0 Å². The fourth-order valence-electron chi connectivity index (χ4n) is 1.84. The van der Waals surface area contributed by atoms with Gasteiger partial charge in [-0.05, 0) is 44.5 Å². The number of imidazole rings is 1. The van der Waals surface area contributed by atoms with Crippen LogP contribution >= 0.6 is 23.2 Å². The topological polar surface area (TPSA) is 29.9 Å². The van der Waals surface area contributed by atoms with Gasteiger partial charge in [0.05, 0.1) is 13.1 Å². The molecule has 1 aromatic heterocycles. The molecule has 0 spiro atoms. The lowest BCUT2D eigenvalue weighted by atomic mass is 10.1. The van der Waals surface area contributed by atoms with E-state index in [1.165, 1.54) is 0 Å². The van der Waals surface area contributed by atoms with Crippen molar-refractivity contribution in [3.8, 4) is 0 Å². The summed E-state index contributed by atoms with van der Waals surface area (Å²) in [5, 5.41) is 4.85. The van der Waals surface area contributed by atoms with Gasteiger partial charge in [-0.2, -0.15) is 0 Å². The Bertz CT molecular complexity index is 585. The Labute approximate surface area is 129 Å². The van der Waals surface area contributed by atoms with Crippen molar-refractivity contribution in [1.82, 2.24) is 14.9 Å². The molecule has 0 radical (unpaired) electrons. The van der Waals surface area contributed by atoms with Gasteiger partial charge in [0, 0.05) is 28.0 Å². The third kappa shape index (κ3) is 4.23. The van der Waals surface area contributed by atoms with Gasteiger partial charge < -0.3 is 9.88 Å². The minimum absolute atomic E-state index is 0.0600. The highest BCUT2D eigenvalue weighted by Gasteiger charge is 2.12. The van der Waals surface area contributed by atoms with Crippen LogP contribution < -0.4 is 5.32 Å². The lowest BCUT2D eigenvalue weighted by molar-refractivity contribution is 0.413. The summed E-state index contributed by atoms with van der Waals surface area (Å²) in [4.78, 5) is 4.39. The Morgan fingerprint density at radius 2 is 2.00 bits per heavy atom. The van der Waals surface area contributed by atoms with Crippen LogP contribution in [0.2, 0.25) is 10.0 Å². The predicted molar refractivity (Wildman–Crippen MR) is 84.4 cm³/mol. The van der Waals surface area contributed by atoms with E-state index < -0.39 is 0 Å². The lowest BCUT2D eigenvalue weighted by Crippen LogP contribution is -2.36. The maximum Gasteiger partial charge on any atom is 0.122 e. The number of nitrogens with zero attached hydrogens (tertiary/aromatic N) is 2. The number of rotatable bonds is 4. The Morgan fingerprint density at radius 3 is 2.70 bits per heavy atom. The van der Waals surface area contributed by atoms with Crippen molar-refractivity contribution < 1.29 is 0 Å². The van der Waals surface area contributed by atoms with Crippen molar-refractivity contribution in [2.75, 3.05) is 0 Å². The molecule has 0 saturated carbocycles. The fourth-order valence-corrected chi connectivity index (χ4v) is 2.22. The molecular formula is C15H19Cl2N3. The molecule has 0 aliphatic rings. The van der Waals surface area contributed by atoms with Gasteiger partial charge >= 0.3 is 0 Å². The molecule has 5 heteroatoms. The standard InChI is InChI=1S/C15H19Cl2N3/c1-15(2,3)19-9-14-18-6-7-20(14)10-11-8-12(16)4-5-13(11)17/h4-8,19H,9-10H2,1-3H3. The molecule has 0 aliphatic heterocycles. The number of aromatic nitrogens is 2. The predicted octanol–water partition coefficient (Wildman–Crippen LogP) is 4.13. The SMILES string of the molecule is CC(C)(C)NCc1nccn1Cc1cc(Cl)ccc1Cl. The summed E-state index contributed by atoms with van der Waals surface area (Å²) >= 11 is 12.2. The van der Waals surface area contributed by atoms with Crippen LogP contribution in [0.15, 0.2) is 30.6 Å². The summed E-state index contributed by atoms with van der Waals surface area (Å²) < 4.78 is 2.08. The maximum absolute atomic E-state index is 6.21. The minimum Gasteiger partial charge on any atom is -0.329 e. The van der Waals surface area contributed by atoms with Gasteiger partial charge in [-0.25, -0.2) is 4.98 Å². The van der Waals surface area contributed by atoms with Crippen molar-refractivity contribution in [3.05, 3.63) is 52.0 Å².